The summed E-state index contributed by atoms with van der Waals surface area (Å²) in [6.45, 7) is 3.08. The van der Waals surface area contributed by atoms with Gasteiger partial charge in [-0.1, -0.05) is 0 Å². The van der Waals surface area contributed by atoms with Crippen LogP contribution in [0.1, 0.15) is 29.0 Å². The first kappa shape index (κ1) is 16.0. The molecule has 1 fully saturated rings. The molecule has 1 aliphatic rings. The third-order valence-electron chi connectivity index (χ3n) is 4.12. The molecule has 1 aliphatic heterocycles. The van der Waals surface area contributed by atoms with E-state index in [-0.39, 0.29) is 18.0 Å². The summed E-state index contributed by atoms with van der Waals surface area (Å²) in [5, 5.41) is 5.79. The van der Waals surface area contributed by atoms with Crippen LogP contribution in [0.2, 0.25) is 0 Å². The number of carbonyl (C=O) groups excluding carboxylic acids is 2. The monoisotopic (exact) mass is 328 g/mol. The molecular weight excluding hydrogens is 308 g/mol. The number of piperidine rings is 1. The second-order valence-corrected chi connectivity index (χ2v) is 5.83. The highest BCUT2D eigenvalue weighted by Gasteiger charge is 2.25. The average Bonchev–Trinajstić information content (AvgIpc) is 3.11. The van der Waals surface area contributed by atoms with Crippen molar-refractivity contribution in [2.45, 2.75) is 25.8 Å². The predicted octanol–water partition coefficient (Wildman–Crippen LogP) is 2.41. The van der Waals surface area contributed by atoms with Gasteiger partial charge in [0.25, 0.3) is 5.91 Å². The number of furan rings is 1. The van der Waals surface area contributed by atoms with E-state index in [1.165, 1.54) is 6.26 Å². The third-order valence-corrected chi connectivity index (χ3v) is 4.12. The fraction of sp³-hybridized carbons (Fsp3) is 0.353. The van der Waals surface area contributed by atoms with Crippen molar-refractivity contribution in [1.29, 1.82) is 0 Å². The molecule has 2 N–H and O–H groups in total. The summed E-state index contributed by atoms with van der Waals surface area (Å²) in [5.74, 6) is 0.252. The van der Waals surface area contributed by atoms with Gasteiger partial charge in [-0.05, 0) is 43.5 Å². The summed E-state index contributed by atoms with van der Waals surface area (Å²) in [7, 11) is 0. The summed E-state index contributed by atoms with van der Waals surface area (Å²) >= 11 is 0. The number of hydrogen-bond donors (Lipinski definition) is 2. The van der Waals surface area contributed by atoms with Gasteiger partial charge in [-0.15, -0.1) is 0 Å². The summed E-state index contributed by atoms with van der Waals surface area (Å²) in [6.07, 6.45) is 6.27. The Hall–Kier alpha value is -2.83. The minimum absolute atomic E-state index is 0.0489. The van der Waals surface area contributed by atoms with Crippen molar-refractivity contribution in [2.24, 2.45) is 0 Å². The Kier molecular flexibility index (Phi) is 4.79. The highest BCUT2D eigenvalue weighted by atomic mass is 16.3. The molecular formula is C17H20N4O3. The highest BCUT2D eigenvalue weighted by Crippen LogP contribution is 2.15. The molecule has 7 nitrogen and oxygen atoms in total. The molecule has 0 saturated carbocycles. The number of urea groups is 1. The number of amides is 3. The summed E-state index contributed by atoms with van der Waals surface area (Å²) in [6, 6.07) is 4.94. The van der Waals surface area contributed by atoms with Crippen LogP contribution in [0.5, 0.6) is 0 Å². The van der Waals surface area contributed by atoms with Crippen molar-refractivity contribution in [1.82, 2.24) is 15.2 Å². The second kappa shape index (κ2) is 7.16. The zero-order valence-corrected chi connectivity index (χ0v) is 13.5. The minimum atomic E-state index is -0.236. The van der Waals surface area contributed by atoms with E-state index in [9.17, 15) is 9.59 Å². The Balaban J connectivity index is 1.48. The van der Waals surface area contributed by atoms with Gasteiger partial charge < -0.3 is 20.0 Å². The summed E-state index contributed by atoms with van der Waals surface area (Å²) in [4.78, 5) is 30.0. The molecule has 0 atom stereocenters. The Morgan fingerprint density at radius 2 is 2.08 bits per heavy atom. The Morgan fingerprint density at radius 3 is 2.75 bits per heavy atom. The van der Waals surface area contributed by atoms with Crippen LogP contribution < -0.4 is 10.6 Å². The quantitative estimate of drug-likeness (QED) is 0.906. The van der Waals surface area contributed by atoms with E-state index in [0.29, 0.717) is 18.8 Å². The second-order valence-electron chi connectivity index (χ2n) is 5.83. The van der Waals surface area contributed by atoms with Crippen molar-refractivity contribution < 1.29 is 14.0 Å². The number of likely N-dealkylation sites (tertiary alicyclic amines) is 1. The van der Waals surface area contributed by atoms with E-state index in [0.717, 1.165) is 24.1 Å². The topological polar surface area (TPSA) is 87.5 Å². The number of rotatable bonds is 3. The Bertz CT molecular complexity index is 706. The Morgan fingerprint density at radius 1 is 1.29 bits per heavy atom. The van der Waals surface area contributed by atoms with Gasteiger partial charge in [0.15, 0.2) is 5.76 Å². The van der Waals surface area contributed by atoms with E-state index in [1.807, 2.05) is 6.92 Å². The van der Waals surface area contributed by atoms with Crippen molar-refractivity contribution >= 4 is 17.6 Å². The van der Waals surface area contributed by atoms with Crippen LogP contribution in [0.3, 0.4) is 0 Å². The van der Waals surface area contributed by atoms with Gasteiger partial charge in [0, 0.05) is 37.2 Å². The molecule has 0 aromatic carbocycles. The zero-order valence-electron chi connectivity index (χ0n) is 13.5. The maximum absolute atomic E-state index is 12.2. The van der Waals surface area contributed by atoms with Gasteiger partial charge in [0.2, 0.25) is 0 Å². The van der Waals surface area contributed by atoms with Gasteiger partial charge in [-0.2, -0.15) is 0 Å². The average molecular weight is 328 g/mol. The lowest BCUT2D eigenvalue weighted by Gasteiger charge is -2.31. The van der Waals surface area contributed by atoms with Gasteiger partial charge >= 0.3 is 6.03 Å². The van der Waals surface area contributed by atoms with Crippen molar-refractivity contribution in [3.05, 3.63) is 48.2 Å². The number of nitrogens with one attached hydrogen (secondary N) is 2. The molecule has 3 amide bonds. The number of pyridine rings is 1. The van der Waals surface area contributed by atoms with E-state index < -0.39 is 0 Å². The van der Waals surface area contributed by atoms with Crippen LogP contribution in [-0.4, -0.2) is 41.0 Å². The first-order valence-corrected chi connectivity index (χ1v) is 7.94. The van der Waals surface area contributed by atoms with E-state index in [2.05, 4.69) is 15.6 Å². The SMILES string of the molecule is Cc1cnccc1NC(=O)NC1CCN(C(=O)c2ccco2)CC1. The van der Waals surface area contributed by atoms with Crippen molar-refractivity contribution in [3.8, 4) is 0 Å². The Labute approximate surface area is 140 Å². The van der Waals surface area contributed by atoms with Crippen LogP contribution in [0.25, 0.3) is 0 Å². The normalized spacial score (nSPS) is 15.1. The number of aromatic nitrogens is 1. The number of carbonyl (C=O) groups is 2. The fourth-order valence-electron chi connectivity index (χ4n) is 2.74. The van der Waals surface area contributed by atoms with Gasteiger partial charge in [0.1, 0.15) is 0 Å². The summed E-state index contributed by atoms with van der Waals surface area (Å²) in [5.41, 5.74) is 1.65. The third kappa shape index (κ3) is 3.73. The van der Waals surface area contributed by atoms with E-state index in [1.54, 1.807) is 35.5 Å². The molecule has 3 rings (SSSR count). The van der Waals surface area contributed by atoms with Crippen LogP contribution >= 0.6 is 0 Å². The molecule has 0 aliphatic carbocycles. The molecule has 0 spiro atoms. The number of nitrogens with zero attached hydrogens (tertiary/aromatic N) is 2. The predicted molar refractivity (Wildman–Crippen MR) is 88.8 cm³/mol. The van der Waals surface area contributed by atoms with E-state index >= 15 is 0 Å². The molecule has 126 valence electrons. The van der Waals surface area contributed by atoms with Crippen molar-refractivity contribution in [2.75, 3.05) is 18.4 Å². The smallest absolute Gasteiger partial charge is 0.319 e. The molecule has 2 aromatic rings. The van der Waals surface area contributed by atoms with Crippen LogP contribution in [0.4, 0.5) is 10.5 Å². The molecule has 2 aromatic heterocycles. The first-order valence-electron chi connectivity index (χ1n) is 7.94. The first-order chi connectivity index (χ1) is 11.6. The maximum atomic E-state index is 12.2. The molecule has 0 bridgehead atoms. The number of hydrogen-bond acceptors (Lipinski definition) is 4. The number of aryl methyl sites for hydroxylation is 1. The fourth-order valence-corrected chi connectivity index (χ4v) is 2.74. The molecule has 1 saturated heterocycles. The minimum Gasteiger partial charge on any atom is -0.459 e. The standard InChI is InChI=1S/C17H20N4O3/c1-12-11-18-7-4-14(12)20-17(23)19-13-5-8-21(9-6-13)16(22)15-3-2-10-24-15/h2-4,7,10-11,13H,5-6,8-9H2,1H3,(H2,18,19,20,23). The van der Waals surface area contributed by atoms with Crippen LogP contribution in [0.15, 0.2) is 41.3 Å². The van der Waals surface area contributed by atoms with Crippen molar-refractivity contribution in [3.63, 3.8) is 0 Å². The molecule has 0 radical (unpaired) electrons. The molecule has 0 unspecified atom stereocenters. The molecule has 3 heterocycles. The zero-order chi connectivity index (χ0) is 16.9. The van der Waals surface area contributed by atoms with Gasteiger partial charge in [0.05, 0.1) is 6.26 Å². The molecule has 7 heteroatoms. The van der Waals surface area contributed by atoms with Crippen LogP contribution in [0, 0.1) is 6.92 Å². The largest absolute Gasteiger partial charge is 0.459 e. The number of anilines is 1. The molecule has 24 heavy (non-hydrogen) atoms. The lowest BCUT2D eigenvalue weighted by atomic mass is 10.0. The van der Waals surface area contributed by atoms with Gasteiger partial charge in [-0.3, -0.25) is 9.78 Å². The lowest BCUT2D eigenvalue weighted by molar-refractivity contribution is 0.0676. The lowest BCUT2D eigenvalue weighted by Crippen LogP contribution is -2.47. The maximum Gasteiger partial charge on any atom is 0.319 e. The van der Waals surface area contributed by atoms with Gasteiger partial charge in [-0.25, -0.2) is 4.79 Å². The van der Waals surface area contributed by atoms with Crippen LogP contribution in [-0.2, 0) is 0 Å². The van der Waals surface area contributed by atoms with E-state index in [4.69, 9.17) is 4.42 Å². The summed E-state index contributed by atoms with van der Waals surface area (Å²) < 4.78 is 5.14. The highest BCUT2D eigenvalue weighted by molar-refractivity contribution is 5.92.